The number of hydrogen-bond acceptors (Lipinski definition) is 4. The Kier molecular flexibility index (Phi) is 7.00. The minimum atomic E-state index is 0.712. The van der Waals surface area contributed by atoms with Crippen LogP contribution in [0.3, 0.4) is 0 Å². The predicted octanol–water partition coefficient (Wildman–Crippen LogP) is 12.9. The fraction of sp³-hybridized carbons (Fsp3) is 0. The summed E-state index contributed by atoms with van der Waals surface area (Å²) >= 11 is 1.84. The van der Waals surface area contributed by atoms with Crippen LogP contribution in [-0.2, 0) is 0 Å². The fourth-order valence-electron chi connectivity index (χ4n) is 7.17. The lowest BCUT2D eigenvalue weighted by molar-refractivity contribution is 1.18. The van der Waals surface area contributed by atoms with Crippen LogP contribution in [0.1, 0.15) is 0 Å². The van der Waals surface area contributed by atoms with Gasteiger partial charge in [-0.15, -0.1) is 11.3 Å². The molecule has 0 aliphatic rings. The third kappa shape index (κ3) is 5.16. The van der Waals surface area contributed by atoms with Gasteiger partial charge in [0.05, 0.1) is 22.6 Å². The highest BCUT2D eigenvalue weighted by Crippen LogP contribution is 2.44. The van der Waals surface area contributed by atoms with Crippen molar-refractivity contribution < 1.29 is 0 Å². The molecular weight excluding hydrogens is 639 g/mol. The molecule has 0 saturated heterocycles. The van der Waals surface area contributed by atoms with Crippen molar-refractivity contribution in [2.45, 2.75) is 0 Å². The van der Waals surface area contributed by atoms with E-state index in [1.807, 2.05) is 23.5 Å². The van der Waals surface area contributed by atoms with Gasteiger partial charge in [0.25, 0.3) is 0 Å². The first-order valence-corrected chi connectivity index (χ1v) is 17.9. The molecule has 0 radical (unpaired) electrons. The number of hydrogen-bond donors (Lipinski definition) is 0. The summed E-state index contributed by atoms with van der Waals surface area (Å²) in [6.07, 6.45) is 0. The Bertz CT molecular complexity index is 2880. The van der Waals surface area contributed by atoms with Gasteiger partial charge < -0.3 is 0 Å². The fourth-order valence-corrected chi connectivity index (χ4v) is 8.47. The van der Waals surface area contributed by atoms with Crippen LogP contribution in [0.25, 0.3) is 98.1 Å². The third-order valence-electron chi connectivity index (χ3n) is 9.69. The molecule has 238 valence electrons. The van der Waals surface area contributed by atoms with E-state index in [4.69, 9.17) is 15.0 Å². The zero-order valence-corrected chi connectivity index (χ0v) is 28.3. The van der Waals surface area contributed by atoms with Gasteiger partial charge in [-0.25, -0.2) is 15.0 Å². The van der Waals surface area contributed by atoms with Crippen LogP contribution in [0.4, 0.5) is 0 Å². The van der Waals surface area contributed by atoms with Gasteiger partial charge in [-0.05, 0) is 29.3 Å². The Labute approximate surface area is 299 Å². The Morgan fingerprint density at radius 1 is 0.353 bits per heavy atom. The molecular formula is C47H29N3S. The first kappa shape index (κ1) is 29.4. The molecule has 10 rings (SSSR count). The molecule has 3 aromatic heterocycles. The van der Waals surface area contributed by atoms with E-state index in [0.717, 1.165) is 44.9 Å². The molecule has 0 bridgehead atoms. The van der Waals surface area contributed by atoms with E-state index in [-0.39, 0.29) is 0 Å². The standard InChI is InChI=1S/C47H29N3S/c1-4-12-30(13-5-1)31-20-22-33(23-21-31)42-29-41(32-14-6-2-7-15-32)49-47(50-42)35-24-25-36-37-26-27-39-44(46(37)51-43(36)28-35)38-18-10-11-19-40(38)48-45(39)34-16-8-3-9-17-34/h1-29H. The summed E-state index contributed by atoms with van der Waals surface area (Å²) in [6.45, 7) is 0. The highest BCUT2D eigenvalue weighted by molar-refractivity contribution is 7.26. The highest BCUT2D eigenvalue weighted by atomic mass is 32.1. The maximum Gasteiger partial charge on any atom is 0.160 e. The van der Waals surface area contributed by atoms with Crippen LogP contribution in [0.15, 0.2) is 176 Å². The van der Waals surface area contributed by atoms with Crippen LogP contribution in [0.2, 0.25) is 0 Å². The van der Waals surface area contributed by atoms with E-state index in [1.54, 1.807) is 0 Å². The van der Waals surface area contributed by atoms with Gasteiger partial charge in [-0.2, -0.15) is 0 Å². The molecule has 3 heterocycles. The number of nitrogens with zero attached hydrogens (tertiary/aromatic N) is 3. The molecule has 4 heteroatoms. The topological polar surface area (TPSA) is 38.7 Å². The molecule has 0 aliphatic heterocycles. The quantitative estimate of drug-likeness (QED) is 0.171. The maximum absolute atomic E-state index is 5.18. The van der Waals surface area contributed by atoms with Crippen molar-refractivity contribution in [3.05, 3.63) is 176 Å². The van der Waals surface area contributed by atoms with Gasteiger partial charge in [-0.1, -0.05) is 158 Å². The highest BCUT2D eigenvalue weighted by Gasteiger charge is 2.17. The summed E-state index contributed by atoms with van der Waals surface area (Å²) in [7, 11) is 0. The molecule has 51 heavy (non-hydrogen) atoms. The normalized spacial score (nSPS) is 11.5. The van der Waals surface area contributed by atoms with Crippen LogP contribution >= 0.6 is 11.3 Å². The van der Waals surface area contributed by atoms with E-state index in [0.29, 0.717) is 5.82 Å². The Hall–Kier alpha value is -6.49. The number of pyridine rings is 1. The van der Waals surface area contributed by atoms with Gasteiger partial charge in [0.15, 0.2) is 5.82 Å². The maximum atomic E-state index is 5.18. The second-order valence-corrected chi connectivity index (χ2v) is 13.8. The van der Waals surface area contributed by atoms with E-state index < -0.39 is 0 Å². The van der Waals surface area contributed by atoms with E-state index in [2.05, 4.69) is 164 Å². The monoisotopic (exact) mass is 667 g/mol. The first-order valence-electron chi connectivity index (χ1n) is 17.1. The third-order valence-corrected chi connectivity index (χ3v) is 10.9. The Morgan fingerprint density at radius 3 is 1.61 bits per heavy atom. The van der Waals surface area contributed by atoms with Gasteiger partial charge >= 0.3 is 0 Å². The van der Waals surface area contributed by atoms with Crippen molar-refractivity contribution in [1.29, 1.82) is 0 Å². The minimum Gasteiger partial charge on any atom is -0.247 e. The number of fused-ring (bicyclic) bond motifs is 7. The molecule has 0 atom stereocenters. The van der Waals surface area contributed by atoms with Crippen molar-refractivity contribution in [2.75, 3.05) is 0 Å². The molecule has 7 aromatic carbocycles. The van der Waals surface area contributed by atoms with E-state index in [1.165, 1.54) is 47.5 Å². The molecule has 0 unspecified atom stereocenters. The number of thiophene rings is 1. The summed E-state index contributed by atoms with van der Waals surface area (Å²) in [4.78, 5) is 15.5. The van der Waals surface area contributed by atoms with Gasteiger partial charge in [0, 0.05) is 58.6 Å². The Balaban J connectivity index is 1.15. The van der Waals surface area contributed by atoms with Crippen molar-refractivity contribution in [2.24, 2.45) is 0 Å². The molecule has 10 aromatic rings. The van der Waals surface area contributed by atoms with Crippen molar-refractivity contribution >= 4 is 53.2 Å². The van der Waals surface area contributed by atoms with Crippen LogP contribution < -0.4 is 0 Å². The van der Waals surface area contributed by atoms with Gasteiger partial charge in [0.1, 0.15) is 0 Å². The van der Waals surface area contributed by atoms with E-state index >= 15 is 0 Å². The lowest BCUT2D eigenvalue weighted by atomic mass is 9.98. The number of rotatable bonds is 5. The molecule has 0 aliphatic carbocycles. The van der Waals surface area contributed by atoms with Gasteiger partial charge in [-0.3, -0.25) is 0 Å². The largest absolute Gasteiger partial charge is 0.247 e. The van der Waals surface area contributed by atoms with Crippen LogP contribution in [-0.4, -0.2) is 15.0 Å². The minimum absolute atomic E-state index is 0.712. The molecule has 0 N–H and O–H groups in total. The van der Waals surface area contributed by atoms with Gasteiger partial charge in [0.2, 0.25) is 0 Å². The predicted molar refractivity (Wildman–Crippen MR) is 215 cm³/mol. The summed E-state index contributed by atoms with van der Waals surface area (Å²) in [5, 5.41) is 6.08. The molecule has 0 amide bonds. The zero-order chi connectivity index (χ0) is 33.7. The second-order valence-electron chi connectivity index (χ2n) is 12.8. The SMILES string of the molecule is c1ccc(-c2ccc(-c3cc(-c4ccccc4)nc(-c4ccc5c(c4)sc4c5ccc5c(-c6ccccc6)nc6ccccc6c54)n3)cc2)cc1. The molecule has 0 fully saturated rings. The van der Waals surface area contributed by atoms with Crippen molar-refractivity contribution in [3.63, 3.8) is 0 Å². The average molecular weight is 668 g/mol. The molecule has 0 spiro atoms. The summed E-state index contributed by atoms with van der Waals surface area (Å²) < 4.78 is 2.48. The lowest BCUT2D eigenvalue weighted by Crippen LogP contribution is -1.96. The second kappa shape index (κ2) is 12.1. The summed E-state index contributed by atoms with van der Waals surface area (Å²) in [5.41, 5.74) is 10.4. The summed E-state index contributed by atoms with van der Waals surface area (Å²) in [6, 6.07) is 61.8. The average Bonchev–Trinajstić information content (AvgIpc) is 3.59. The lowest BCUT2D eigenvalue weighted by Gasteiger charge is -2.11. The van der Waals surface area contributed by atoms with Crippen LogP contribution in [0.5, 0.6) is 0 Å². The number of benzene rings is 7. The molecule has 0 saturated carbocycles. The Morgan fingerprint density at radius 2 is 0.882 bits per heavy atom. The van der Waals surface area contributed by atoms with Crippen molar-refractivity contribution in [3.8, 4) is 56.3 Å². The van der Waals surface area contributed by atoms with E-state index in [9.17, 15) is 0 Å². The zero-order valence-electron chi connectivity index (χ0n) is 27.5. The first-order chi connectivity index (χ1) is 25.3. The summed E-state index contributed by atoms with van der Waals surface area (Å²) in [5.74, 6) is 0.712. The smallest absolute Gasteiger partial charge is 0.160 e. The van der Waals surface area contributed by atoms with Crippen LogP contribution in [0, 0.1) is 0 Å². The number of aromatic nitrogens is 3. The van der Waals surface area contributed by atoms with Crippen molar-refractivity contribution in [1.82, 2.24) is 15.0 Å². The number of para-hydroxylation sites is 1. The molecule has 3 nitrogen and oxygen atoms in total.